The Hall–Kier alpha value is -1.57. The minimum atomic E-state index is 0.129. The molecule has 0 aliphatic rings. The third kappa shape index (κ3) is 5.60. The zero-order chi connectivity index (χ0) is 15.0. The third-order valence-corrected chi connectivity index (χ3v) is 3.31. The fourth-order valence-electron chi connectivity index (χ4n) is 1.94. The molecule has 4 nitrogen and oxygen atoms in total. The lowest BCUT2D eigenvalue weighted by atomic mass is 9.93. The Morgan fingerprint density at radius 1 is 1.30 bits per heavy atom. The highest BCUT2D eigenvalue weighted by atomic mass is 16.5. The molecule has 1 aromatic rings. The maximum Gasteiger partial charge on any atom is 0.119 e. The van der Waals surface area contributed by atoms with Gasteiger partial charge in [-0.3, -0.25) is 4.90 Å². The highest BCUT2D eigenvalue weighted by Crippen LogP contribution is 2.15. The number of hydrogen-bond acceptors (Lipinski definition) is 4. The molecular weight excluding hydrogens is 250 g/mol. The van der Waals surface area contributed by atoms with Crippen LogP contribution in [-0.4, -0.2) is 37.7 Å². The molecule has 110 valence electrons. The molecule has 0 heterocycles. The highest BCUT2D eigenvalue weighted by molar-refractivity contribution is 5.34. The van der Waals surface area contributed by atoms with E-state index in [1.807, 2.05) is 12.1 Å². The minimum Gasteiger partial charge on any atom is -0.492 e. The van der Waals surface area contributed by atoms with Crippen LogP contribution in [-0.2, 0) is 0 Å². The fourth-order valence-corrected chi connectivity index (χ4v) is 1.94. The molecule has 0 fully saturated rings. The van der Waals surface area contributed by atoms with Gasteiger partial charge in [0.25, 0.3) is 0 Å². The van der Waals surface area contributed by atoms with E-state index in [9.17, 15) is 0 Å². The Balaban J connectivity index is 2.39. The average molecular weight is 275 g/mol. The van der Waals surface area contributed by atoms with Gasteiger partial charge in [-0.1, -0.05) is 20.8 Å². The van der Waals surface area contributed by atoms with E-state index in [-0.39, 0.29) is 5.41 Å². The predicted molar refractivity (Wildman–Crippen MR) is 81.6 cm³/mol. The molecule has 0 aliphatic heterocycles. The molecule has 1 aromatic carbocycles. The number of nitrogens with two attached hydrogens (primary N) is 1. The summed E-state index contributed by atoms with van der Waals surface area (Å²) in [5.74, 6) is 0.804. The number of nitrogens with zero attached hydrogens (tertiary/aromatic N) is 2. The molecule has 0 unspecified atom stereocenters. The molecule has 4 heteroatoms. The molecule has 0 amide bonds. The summed E-state index contributed by atoms with van der Waals surface area (Å²) in [6, 6.07) is 9.29. The summed E-state index contributed by atoms with van der Waals surface area (Å²) in [7, 11) is 0. The largest absolute Gasteiger partial charge is 0.492 e. The Labute approximate surface area is 122 Å². The maximum absolute atomic E-state index is 8.73. The van der Waals surface area contributed by atoms with Crippen LogP contribution in [0.5, 0.6) is 5.75 Å². The fraction of sp³-hybridized carbons (Fsp3) is 0.562. The van der Waals surface area contributed by atoms with Crippen molar-refractivity contribution in [2.24, 2.45) is 11.1 Å². The van der Waals surface area contributed by atoms with Crippen LogP contribution >= 0.6 is 0 Å². The summed E-state index contributed by atoms with van der Waals surface area (Å²) in [4.78, 5) is 2.34. The summed E-state index contributed by atoms with van der Waals surface area (Å²) >= 11 is 0. The average Bonchev–Trinajstić information content (AvgIpc) is 2.46. The van der Waals surface area contributed by atoms with Crippen molar-refractivity contribution in [1.29, 1.82) is 5.26 Å². The number of likely N-dealkylation sites (N-methyl/N-ethyl adjacent to an activating group) is 1. The van der Waals surface area contributed by atoms with E-state index >= 15 is 0 Å². The van der Waals surface area contributed by atoms with Crippen molar-refractivity contribution >= 4 is 0 Å². The smallest absolute Gasteiger partial charge is 0.119 e. The molecule has 0 radical (unpaired) electrons. The molecule has 0 atom stereocenters. The summed E-state index contributed by atoms with van der Waals surface area (Å²) in [5.41, 5.74) is 6.55. The van der Waals surface area contributed by atoms with E-state index in [2.05, 4.69) is 31.7 Å². The van der Waals surface area contributed by atoms with Crippen molar-refractivity contribution in [3.8, 4) is 11.8 Å². The van der Waals surface area contributed by atoms with Crippen molar-refractivity contribution in [3.05, 3.63) is 29.8 Å². The summed E-state index contributed by atoms with van der Waals surface area (Å²) in [6.07, 6.45) is 0. The first kappa shape index (κ1) is 16.5. The van der Waals surface area contributed by atoms with Crippen LogP contribution in [0.2, 0.25) is 0 Å². The van der Waals surface area contributed by atoms with Crippen LogP contribution in [0.4, 0.5) is 0 Å². The summed E-state index contributed by atoms with van der Waals surface area (Å²) in [6.45, 7) is 10.7. The molecule has 2 N–H and O–H groups in total. The quantitative estimate of drug-likeness (QED) is 0.790. The molecule has 0 saturated heterocycles. The van der Waals surface area contributed by atoms with E-state index < -0.39 is 0 Å². The number of hydrogen-bond donors (Lipinski definition) is 1. The Kier molecular flexibility index (Phi) is 6.50. The van der Waals surface area contributed by atoms with E-state index in [0.29, 0.717) is 18.7 Å². The lowest BCUT2D eigenvalue weighted by Crippen LogP contribution is -2.40. The number of rotatable bonds is 8. The van der Waals surface area contributed by atoms with E-state index in [4.69, 9.17) is 15.7 Å². The normalized spacial score (nSPS) is 11.4. The van der Waals surface area contributed by atoms with Crippen molar-refractivity contribution in [2.75, 3.05) is 32.8 Å². The third-order valence-electron chi connectivity index (χ3n) is 3.31. The number of nitriles is 1. The van der Waals surface area contributed by atoms with Gasteiger partial charge in [-0.15, -0.1) is 0 Å². The van der Waals surface area contributed by atoms with Gasteiger partial charge in [0.05, 0.1) is 11.6 Å². The van der Waals surface area contributed by atoms with Gasteiger partial charge in [0, 0.05) is 13.1 Å². The van der Waals surface area contributed by atoms with Crippen molar-refractivity contribution < 1.29 is 4.74 Å². The predicted octanol–water partition coefficient (Wildman–Crippen LogP) is 2.24. The standard InChI is InChI=1S/C16H25N3O/c1-4-19(13-16(2,3)12-18)9-10-20-15-7-5-14(11-17)6-8-15/h5-8H,4,9-10,12-13,18H2,1-3H3. The molecular formula is C16H25N3O. The van der Waals surface area contributed by atoms with Crippen LogP contribution in [0.15, 0.2) is 24.3 Å². The Morgan fingerprint density at radius 2 is 1.95 bits per heavy atom. The second-order valence-electron chi connectivity index (χ2n) is 5.72. The van der Waals surface area contributed by atoms with Gasteiger partial charge < -0.3 is 10.5 Å². The van der Waals surface area contributed by atoms with E-state index in [0.717, 1.165) is 25.4 Å². The van der Waals surface area contributed by atoms with Gasteiger partial charge >= 0.3 is 0 Å². The van der Waals surface area contributed by atoms with Gasteiger partial charge in [-0.2, -0.15) is 5.26 Å². The molecule has 0 saturated carbocycles. The first-order valence-electron chi connectivity index (χ1n) is 7.06. The Bertz CT molecular complexity index is 434. The van der Waals surface area contributed by atoms with Crippen LogP contribution in [0, 0.1) is 16.7 Å². The topological polar surface area (TPSA) is 62.3 Å². The Morgan fingerprint density at radius 3 is 2.45 bits per heavy atom. The summed E-state index contributed by atoms with van der Waals surface area (Å²) < 4.78 is 5.70. The summed E-state index contributed by atoms with van der Waals surface area (Å²) in [5, 5.41) is 8.73. The number of ether oxygens (including phenoxy) is 1. The highest BCUT2D eigenvalue weighted by Gasteiger charge is 2.19. The van der Waals surface area contributed by atoms with Gasteiger partial charge in [0.15, 0.2) is 0 Å². The first-order chi connectivity index (χ1) is 9.50. The van der Waals surface area contributed by atoms with Crippen LogP contribution in [0.1, 0.15) is 26.3 Å². The molecule has 0 bridgehead atoms. The zero-order valence-electron chi connectivity index (χ0n) is 12.7. The van der Waals surface area contributed by atoms with Crippen molar-refractivity contribution in [2.45, 2.75) is 20.8 Å². The van der Waals surface area contributed by atoms with Crippen LogP contribution in [0.3, 0.4) is 0 Å². The molecule has 0 aromatic heterocycles. The van der Waals surface area contributed by atoms with Gasteiger partial charge in [0.2, 0.25) is 0 Å². The van der Waals surface area contributed by atoms with Gasteiger partial charge in [-0.05, 0) is 42.8 Å². The molecule has 1 rings (SSSR count). The number of benzene rings is 1. The van der Waals surface area contributed by atoms with Gasteiger partial charge in [-0.25, -0.2) is 0 Å². The van der Waals surface area contributed by atoms with Crippen molar-refractivity contribution in [1.82, 2.24) is 4.90 Å². The van der Waals surface area contributed by atoms with E-state index in [1.54, 1.807) is 12.1 Å². The second kappa shape index (κ2) is 7.88. The van der Waals surface area contributed by atoms with E-state index in [1.165, 1.54) is 0 Å². The monoisotopic (exact) mass is 275 g/mol. The lowest BCUT2D eigenvalue weighted by Gasteiger charge is -2.30. The SMILES string of the molecule is CCN(CCOc1ccc(C#N)cc1)CC(C)(C)CN. The van der Waals surface area contributed by atoms with Gasteiger partial charge in [0.1, 0.15) is 12.4 Å². The first-order valence-corrected chi connectivity index (χ1v) is 7.06. The molecule has 20 heavy (non-hydrogen) atoms. The van der Waals surface area contributed by atoms with Crippen LogP contribution < -0.4 is 10.5 Å². The minimum absolute atomic E-state index is 0.129. The van der Waals surface area contributed by atoms with Crippen LogP contribution in [0.25, 0.3) is 0 Å². The molecule has 0 spiro atoms. The molecule has 0 aliphatic carbocycles. The zero-order valence-corrected chi connectivity index (χ0v) is 12.7. The second-order valence-corrected chi connectivity index (χ2v) is 5.72. The maximum atomic E-state index is 8.73. The lowest BCUT2D eigenvalue weighted by molar-refractivity contribution is 0.160. The van der Waals surface area contributed by atoms with Crippen molar-refractivity contribution in [3.63, 3.8) is 0 Å².